The number of aliphatic hydroxyl groups excluding tert-OH is 1. The molecule has 2 aromatic rings. The molecule has 33 heavy (non-hydrogen) atoms. The number of amides is 3. The number of benzene rings is 1. The van der Waals surface area contributed by atoms with Crippen molar-refractivity contribution in [1.29, 1.82) is 0 Å². The topological polar surface area (TPSA) is 126 Å². The summed E-state index contributed by atoms with van der Waals surface area (Å²) in [6.45, 7) is 4.52. The normalized spacial score (nSPS) is 23.7. The molecule has 3 heterocycles. The van der Waals surface area contributed by atoms with E-state index in [1.54, 1.807) is 17.7 Å². The SMILES string of the molecule is CC(C)n1c(=O)n(C(=O)NC2CC3CCC(C2)N3C[C@@H](O)CN(C)C(N)=O)c2ccccc21. The van der Waals surface area contributed by atoms with Gasteiger partial charge >= 0.3 is 17.8 Å². The third kappa shape index (κ3) is 4.49. The monoisotopic (exact) mass is 458 g/mol. The minimum atomic E-state index is -0.683. The number of rotatable bonds is 6. The molecule has 0 spiro atoms. The first-order valence-electron chi connectivity index (χ1n) is 11.6. The molecule has 2 aliphatic rings. The van der Waals surface area contributed by atoms with Crippen molar-refractivity contribution in [3.8, 4) is 0 Å². The molecular formula is C23H34N6O4. The lowest BCUT2D eigenvalue weighted by atomic mass is 9.97. The van der Waals surface area contributed by atoms with E-state index in [9.17, 15) is 19.5 Å². The number of hydrogen-bond donors (Lipinski definition) is 3. The maximum atomic E-state index is 13.2. The largest absolute Gasteiger partial charge is 0.390 e. The fourth-order valence-corrected chi connectivity index (χ4v) is 5.50. The van der Waals surface area contributed by atoms with Gasteiger partial charge in [0.15, 0.2) is 0 Å². The Kier molecular flexibility index (Phi) is 6.49. The maximum absolute atomic E-state index is 13.2. The van der Waals surface area contributed by atoms with Gasteiger partial charge in [0.25, 0.3) is 0 Å². The number of carbonyl (C=O) groups excluding carboxylic acids is 2. The Hall–Kier alpha value is -2.85. The van der Waals surface area contributed by atoms with Gasteiger partial charge in [-0.3, -0.25) is 9.47 Å². The number of likely N-dealkylation sites (N-methyl/N-ethyl adjacent to an activating group) is 1. The number of nitrogens with two attached hydrogens (primary N) is 1. The number of imidazole rings is 1. The molecule has 0 saturated carbocycles. The van der Waals surface area contributed by atoms with E-state index in [-0.39, 0.29) is 36.4 Å². The van der Waals surface area contributed by atoms with Gasteiger partial charge in [-0.1, -0.05) is 12.1 Å². The zero-order valence-corrected chi connectivity index (χ0v) is 19.5. The number of fused-ring (bicyclic) bond motifs is 3. The zero-order chi connectivity index (χ0) is 23.9. The zero-order valence-electron chi connectivity index (χ0n) is 19.5. The van der Waals surface area contributed by atoms with Crippen LogP contribution in [0.3, 0.4) is 0 Å². The maximum Gasteiger partial charge on any atom is 0.337 e. The van der Waals surface area contributed by atoms with Gasteiger partial charge in [0.05, 0.1) is 17.1 Å². The smallest absolute Gasteiger partial charge is 0.337 e. The van der Waals surface area contributed by atoms with Crippen LogP contribution in [0.1, 0.15) is 45.6 Å². The average Bonchev–Trinajstić information content (AvgIpc) is 3.16. The summed E-state index contributed by atoms with van der Waals surface area (Å²) in [5, 5.41) is 13.5. The van der Waals surface area contributed by atoms with Gasteiger partial charge in [-0.25, -0.2) is 19.0 Å². The number of carbonyl (C=O) groups is 2. The third-order valence-electron chi connectivity index (χ3n) is 6.99. The molecule has 2 bridgehead atoms. The summed E-state index contributed by atoms with van der Waals surface area (Å²) < 4.78 is 2.89. The van der Waals surface area contributed by atoms with Gasteiger partial charge < -0.3 is 21.1 Å². The molecule has 180 valence electrons. The number of nitrogens with zero attached hydrogens (tertiary/aromatic N) is 4. The average molecular weight is 459 g/mol. The molecule has 2 fully saturated rings. The number of piperidine rings is 1. The number of aliphatic hydroxyl groups is 1. The Bertz CT molecular complexity index is 1080. The lowest BCUT2D eigenvalue weighted by molar-refractivity contribution is 0.0433. The second-order valence-corrected chi connectivity index (χ2v) is 9.64. The molecule has 1 aromatic heterocycles. The predicted molar refractivity (Wildman–Crippen MR) is 125 cm³/mol. The number of hydrogen-bond acceptors (Lipinski definition) is 5. The van der Waals surface area contributed by atoms with Crippen LogP contribution in [-0.4, -0.2) is 80.5 Å². The fourth-order valence-electron chi connectivity index (χ4n) is 5.50. The van der Waals surface area contributed by atoms with E-state index in [1.165, 1.54) is 9.47 Å². The van der Waals surface area contributed by atoms with Gasteiger partial charge in [0.1, 0.15) is 0 Å². The van der Waals surface area contributed by atoms with Crippen LogP contribution in [0.15, 0.2) is 29.1 Å². The van der Waals surface area contributed by atoms with Crippen LogP contribution >= 0.6 is 0 Å². The van der Waals surface area contributed by atoms with Gasteiger partial charge in [-0.15, -0.1) is 0 Å². The van der Waals surface area contributed by atoms with E-state index in [4.69, 9.17) is 5.73 Å². The highest BCUT2D eigenvalue weighted by Crippen LogP contribution is 2.36. The Balaban J connectivity index is 1.44. The Labute approximate surface area is 192 Å². The molecule has 4 N–H and O–H groups in total. The molecule has 10 heteroatoms. The highest BCUT2D eigenvalue weighted by atomic mass is 16.3. The van der Waals surface area contributed by atoms with Gasteiger partial charge in [-0.2, -0.15) is 0 Å². The standard InChI is InChI=1S/C23H34N6O4/c1-14(2)28-19-6-4-5-7-20(19)29(23(28)33)22(32)25-15-10-16-8-9-17(11-15)27(16)13-18(30)12-26(3)21(24)31/h4-7,14-18,30H,8-13H2,1-3H3,(H2,24,31)(H,25,32)/t15?,16?,17?,18-/m0/s1. The van der Waals surface area contributed by atoms with Crippen molar-refractivity contribution in [2.24, 2.45) is 5.73 Å². The predicted octanol–water partition coefficient (Wildman–Crippen LogP) is 1.31. The lowest BCUT2D eigenvalue weighted by Crippen LogP contribution is -2.54. The van der Waals surface area contributed by atoms with Crippen molar-refractivity contribution in [2.75, 3.05) is 20.1 Å². The first kappa shape index (κ1) is 23.3. The lowest BCUT2D eigenvalue weighted by Gasteiger charge is -2.40. The van der Waals surface area contributed by atoms with Crippen LogP contribution in [0.2, 0.25) is 0 Å². The summed E-state index contributed by atoms with van der Waals surface area (Å²) in [6, 6.07) is 6.80. The molecule has 4 rings (SSSR count). The van der Waals surface area contributed by atoms with Crippen molar-refractivity contribution in [1.82, 2.24) is 24.3 Å². The van der Waals surface area contributed by atoms with Crippen molar-refractivity contribution >= 4 is 23.1 Å². The summed E-state index contributed by atoms with van der Waals surface area (Å²) >= 11 is 0. The van der Waals surface area contributed by atoms with Crippen LogP contribution in [0.4, 0.5) is 9.59 Å². The summed E-state index contributed by atoms with van der Waals surface area (Å²) in [4.78, 5) is 41.1. The Morgan fingerprint density at radius 3 is 2.36 bits per heavy atom. The quantitative estimate of drug-likeness (QED) is 0.602. The third-order valence-corrected chi connectivity index (χ3v) is 6.99. The molecule has 3 amide bonds. The molecule has 1 aromatic carbocycles. The number of nitrogens with one attached hydrogen (secondary N) is 1. The van der Waals surface area contributed by atoms with E-state index < -0.39 is 18.2 Å². The van der Waals surface area contributed by atoms with Crippen molar-refractivity contribution in [2.45, 2.75) is 69.8 Å². The van der Waals surface area contributed by atoms with Crippen LogP contribution < -0.4 is 16.7 Å². The van der Waals surface area contributed by atoms with E-state index in [1.807, 2.05) is 32.0 Å². The molecule has 2 aliphatic heterocycles. The molecule has 3 atom stereocenters. The van der Waals surface area contributed by atoms with E-state index >= 15 is 0 Å². The highest BCUT2D eigenvalue weighted by Gasteiger charge is 2.42. The number of para-hydroxylation sites is 2. The number of urea groups is 1. The minimum absolute atomic E-state index is 0.0373. The minimum Gasteiger partial charge on any atom is -0.390 e. The number of primary amides is 1. The summed E-state index contributed by atoms with van der Waals surface area (Å²) in [6.07, 6.45) is 2.85. The molecule has 0 aliphatic carbocycles. The van der Waals surface area contributed by atoms with E-state index in [2.05, 4.69) is 10.2 Å². The van der Waals surface area contributed by atoms with Gasteiger partial charge in [0, 0.05) is 44.3 Å². The first-order valence-corrected chi connectivity index (χ1v) is 11.6. The van der Waals surface area contributed by atoms with Crippen molar-refractivity contribution in [3.63, 3.8) is 0 Å². The number of aromatic nitrogens is 2. The van der Waals surface area contributed by atoms with Crippen LogP contribution in [-0.2, 0) is 0 Å². The first-order chi connectivity index (χ1) is 15.7. The Morgan fingerprint density at radius 2 is 1.79 bits per heavy atom. The van der Waals surface area contributed by atoms with Crippen LogP contribution in [0, 0.1) is 0 Å². The summed E-state index contributed by atoms with van der Waals surface area (Å²) in [5.74, 6) is 0. The van der Waals surface area contributed by atoms with Crippen molar-refractivity contribution in [3.05, 3.63) is 34.7 Å². The molecule has 2 saturated heterocycles. The molecular weight excluding hydrogens is 424 g/mol. The van der Waals surface area contributed by atoms with E-state index in [0.717, 1.165) is 31.2 Å². The fraction of sp³-hybridized carbons (Fsp3) is 0.609. The second kappa shape index (κ2) is 9.18. The highest BCUT2D eigenvalue weighted by molar-refractivity contribution is 5.89. The van der Waals surface area contributed by atoms with E-state index in [0.29, 0.717) is 12.1 Å². The van der Waals surface area contributed by atoms with Crippen molar-refractivity contribution < 1.29 is 14.7 Å². The summed E-state index contributed by atoms with van der Waals surface area (Å²) in [5.41, 5.74) is 6.28. The van der Waals surface area contributed by atoms with Gasteiger partial charge in [0.2, 0.25) is 0 Å². The second-order valence-electron chi connectivity index (χ2n) is 9.64. The molecule has 0 radical (unpaired) electrons. The van der Waals surface area contributed by atoms with Gasteiger partial charge in [-0.05, 0) is 51.7 Å². The van der Waals surface area contributed by atoms with Crippen LogP contribution in [0.25, 0.3) is 11.0 Å². The van der Waals surface area contributed by atoms with Crippen LogP contribution in [0.5, 0.6) is 0 Å². The molecule has 10 nitrogen and oxygen atoms in total. The Morgan fingerprint density at radius 1 is 1.18 bits per heavy atom. The molecule has 2 unspecified atom stereocenters. The summed E-state index contributed by atoms with van der Waals surface area (Å²) in [7, 11) is 1.57.